The van der Waals surface area contributed by atoms with Crippen LogP contribution in [0.25, 0.3) is 0 Å². The molecule has 15 heavy (non-hydrogen) atoms. The van der Waals surface area contributed by atoms with E-state index in [-0.39, 0.29) is 0 Å². The van der Waals surface area contributed by atoms with Gasteiger partial charge in [0.2, 0.25) is 0 Å². The zero-order valence-corrected chi connectivity index (χ0v) is 9.59. The lowest BCUT2D eigenvalue weighted by molar-refractivity contribution is 0.524. The maximum Gasteiger partial charge on any atom is 0.0794 e. The van der Waals surface area contributed by atoms with E-state index in [4.69, 9.17) is 11.6 Å². The molecule has 2 atom stereocenters. The molecule has 2 aliphatic heterocycles. The Morgan fingerprint density at radius 2 is 2.33 bits per heavy atom. The molecular weight excluding hydrogens is 208 g/mol. The smallest absolute Gasteiger partial charge is 0.0794 e. The average molecular weight is 223 g/mol. The number of anilines is 2. The fraction of sp³-hybridized carbons (Fsp3) is 0.500. The molecule has 0 spiro atoms. The number of nitrogens with one attached hydrogen (secondary N) is 1. The molecule has 1 aromatic rings. The summed E-state index contributed by atoms with van der Waals surface area (Å²) < 4.78 is 0. The molecule has 3 rings (SSSR count). The summed E-state index contributed by atoms with van der Waals surface area (Å²) >= 11 is 6.27. The van der Waals surface area contributed by atoms with Crippen LogP contribution in [-0.2, 0) is 0 Å². The molecule has 2 aliphatic rings. The number of nitrogens with zero attached hydrogens (tertiary/aromatic N) is 1. The molecule has 1 aromatic carbocycles. The Kier molecular flexibility index (Phi) is 2.06. The second-order valence-corrected chi connectivity index (χ2v) is 4.95. The normalized spacial score (nSPS) is 28.3. The molecule has 0 radical (unpaired) electrons. The lowest BCUT2D eigenvalue weighted by Gasteiger charge is -2.36. The Balaban J connectivity index is 2.08. The van der Waals surface area contributed by atoms with Crippen molar-refractivity contribution in [1.29, 1.82) is 0 Å². The first-order chi connectivity index (χ1) is 7.27. The maximum atomic E-state index is 6.27. The van der Waals surface area contributed by atoms with E-state index in [0.717, 1.165) is 24.0 Å². The van der Waals surface area contributed by atoms with Crippen LogP contribution in [0, 0.1) is 5.92 Å². The van der Waals surface area contributed by atoms with Crippen LogP contribution in [0.3, 0.4) is 0 Å². The highest BCUT2D eigenvalue weighted by Crippen LogP contribution is 2.42. The van der Waals surface area contributed by atoms with Crippen molar-refractivity contribution in [1.82, 2.24) is 0 Å². The van der Waals surface area contributed by atoms with Crippen LogP contribution in [-0.4, -0.2) is 19.1 Å². The van der Waals surface area contributed by atoms with E-state index in [9.17, 15) is 0 Å². The van der Waals surface area contributed by atoms with Crippen LogP contribution in [0.2, 0.25) is 5.02 Å². The number of fused-ring (bicyclic) bond motifs is 3. The van der Waals surface area contributed by atoms with Crippen molar-refractivity contribution in [3.8, 4) is 0 Å². The van der Waals surface area contributed by atoms with E-state index in [0.29, 0.717) is 6.04 Å². The molecule has 80 valence electrons. The van der Waals surface area contributed by atoms with E-state index < -0.39 is 0 Å². The van der Waals surface area contributed by atoms with Crippen molar-refractivity contribution in [2.75, 3.05) is 23.3 Å². The fourth-order valence-electron chi connectivity index (χ4n) is 2.76. The highest BCUT2D eigenvalue weighted by molar-refractivity contribution is 6.34. The van der Waals surface area contributed by atoms with Crippen LogP contribution >= 0.6 is 11.6 Å². The Bertz CT molecular complexity index is 391. The van der Waals surface area contributed by atoms with Gasteiger partial charge in [-0.05, 0) is 24.5 Å². The van der Waals surface area contributed by atoms with Gasteiger partial charge in [0.1, 0.15) is 0 Å². The summed E-state index contributed by atoms with van der Waals surface area (Å²) in [7, 11) is 0. The first-order valence-corrected chi connectivity index (χ1v) is 5.94. The monoisotopic (exact) mass is 222 g/mol. The Labute approximate surface area is 95.2 Å². The predicted octanol–water partition coefficient (Wildman–Crippen LogP) is 2.98. The Morgan fingerprint density at radius 3 is 3.20 bits per heavy atom. The molecule has 3 heteroatoms. The molecule has 0 saturated carbocycles. The summed E-state index contributed by atoms with van der Waals surface area (Å²) in [6, 6.07) is 6.72. The molecule has 0 aliphatic carbocycles. The van der Waals surface area contributed by atoms with Gasteiger partial charge in [0.25, 0.3) is 0 Å². The van der Waals surface area contributed by atoms with Crippen molar-refractivity contribution in [2.24, 2.45) is 5.92 Å². The van der Waals surface area contributed by atoms with Gasteiger partial charge < -0.3 is 10.2 Å². The van der Waals surface area contributed by atoms with E-state index in [1.165, 1.54) is 17.8 Å². The highest BCUT2D eigenvalue weighted by atomic mass is 35.5. The molecule has 1 saturated heterocycles. The van der Waals surface area contributed by atoms with E-state index in [1.54, 1.807) is 0 Å². The Morgan fingerprint density at radius 1 is 1.47 bits per heavy atom. The third kappa shape index (κ3) is 1.31. The van der Waals surface area contributed by atoms with Gasteiger partial charge in [-0.2, -0.15) is 0 Å². The summed E-state index contributed by atoms with van der Waals surface area (Å²) in [5.41, 5.74) is 2.40. The molecule has 2 heterocycles. The van der Waals surface area contributed by atoms with Crippen molar-refractivity contribution < 1.29 is 0 Å². The zero-order chi connectivity index (χ0) is 10.4. The van der Waals surface area contributed by atoms with Crippen molar-refractivity contribution >= 4 is 23.0 Å². The summed E-state index contributed by atoms with van der Waals surface area (Å²) in [5.74, 6) is 0.766. The quantitative estimate of drug-likeness (QED) is 0.726. The van der Waals surface area contributed by atoms with E-state index in [1.807, 2.05) is 12.1 Å². The van der Waals surface area contributed by atoms with Crippen LogP contribution in [0.15, 0.2) is 18.2 Å². The SMILES string of the molecule is CC1CCN2c3c(Cl)cccc3NCC12. The third-order valence-electron chi connectivity index (χ3n) is 3.66. The Hall–Kier alpha value is -0.890. The second kappa shape index (κ2) is 3.31. The second-order valence-electron chi connectivity index (χ2n) is 4.54. The molecule has 2 nitrogen and oxygen atoms in total. The standard InChI is InChI=1S/C12H15ClN2/c1-8-5-6-15-11(8)7-14-10-4-2-3-9(13)12(10)15/h2-4,8,11,14H,5-7H2,1H3. The van der Waals surface area contributed by atoms with Crippen molar-refractivity contribution in [3.05, 3.63) is 23.2 Å². The van der Waals surface area contributed by atoms with Gasteiger partial charge >= 0.3 is 0 Å². The number of hydrogen-bond acceptors (Lipinski definition) is 2. The minimum atomic E-state index is 0.623. The summed E-state index contributed by atoms with van der Waals surface area (Å²) in [6.45, 7) is 4.52. The maximum absolute atomic E-state index is 6.27. The van der Waals surface area contributed by atoms with Crippen LogP contribution in [0.5, 0.6) is 0 Å². The highest BCUT2D eigenvalue weighted by Gasteiger charge is 2.36. The molecule has 0 aromatic heterocycles. The number of rotatable bonds is 0. The first-order valence-electron chi connectivity index (χ1n) is 5.56. The minimum Gasteiger partial charge on any atom is -0.381 e. The van der Waals surface area contributed by atoms with Crippen molar-refractivity contribution in [2.45, 2.75) is 19.4 Å². The summed E-state index contributed by atoms with van der Waals surface area (Å²) in [5, 5.41) is 4.35. The molecule has 0 bridgehead atoms. The van der Waals surface area contributed by atoms with Gasteiger partial charge in [0.15, 0.2) is 0 Å². The van der Waals surface area contributed by atoms with Gasteiger partial charge in [-0.25, -0.2) is 0 Å². The molecule has 0 amide bonds. The molecule has 1 N–H and O–H groups in total. The van der Waals surface area contributed by atoms with Crippen LogP contribution in [0.1, 0.15) is 13.3 Å². The number of benzene rings is 1. The first kappa shape index (κ1) is 9.34. The average Bonchev–Trinajstić information content (AvgIpc) is 2.61. The van der Waals surface area contributed by atoms with Gasteiger partial charge in [-0.3, -0.25) is 0 Å². The van der Waals surface area contributed by atoms with Gasteiger partial charge in [-0.1, -0.05) is 24.6 Å². The van der Waals surface area contributed by atoms with Gasteiger partial charge in [0.05, 0.1) is 16.4 Å². The molecule has 2 unspecified atom stereocenters. The zero-order valence-electron chi connectivity index (χ0n) is 8.83. The van der Waals surface area contributed by atoms with E-state index >= 15 is 0 Å². The fourth-order valence-corrected chi connectivity index (χ4v) is 3.04. The molecular formula is C12H15ClN2. The molecule has 1 fully saturated rings. The predicted molar refractivity (Wildman–Crippen MR) is 64.9 cm³/mol. The van der Waals surface area contributed by atoms with E-state index in [2.05, 4.69) is 23.2 Å². The van der Waals surface area contributed by atoms with Gasteiger partial charge in [0, 0.05) is 19.1 Å². The lowest BCUT2D eigenvalue weighted by Crippen LogP contribution is -2.42. The lowest BCUT2D eigenvalue weighted by atomic mass is 10.0. The van der Waals surface area contributed by atoms with Crippen LogP contribution < -0.4 is 10.2 Å². The summed E-state index contributed by atoms with van der Waals surface area (Å²) in [4.78, 5) is 2.47. The topological polar surface area (TPSA) is 15.3 Å². The van der Waals surface area contributed by atoms with Gasteiger partial charge in [-0.15, -0.1) is 0 Å². The number of halogens is 1. The largest absolute Gasteiger partial charge is 0.381 e. The number of para-hydroxylation sites is 1. The third-order valence-corrected chi connectivity index (χ3v) is 3.96. The van der Waals surface area contributed by atoms with Crippen LogP contribution in [0.4, 0.5) is 11.4 Å². The number of hydrogen-bond donors (Lipinski definition) is 1. The minimum absolute atomic E-state index is 0.623. The van der Waals surface area contributed by atoms with Crippen molar-refractivity contribution in [3.63, 3.8) is 0 Å². The summed E-state index contributed by atoms with van der Waals surface area (Å²) in [6.07, 6.45) is 1.27.